The summed E-state index contributed by atoms with van der Waals surface area (Å²) >= 11 is 0. The molecular formula is C18H22N4. The number of H-pyrrole nitrogens is 1. The van der Waals surface area contributed by atoms with Crippen molar-refractivity contribution in [2.75, 3.05) is 13.1 Å². The van der Waals surface area contributed by atoms with Crippen LogP contribution in [-0.4, -0.2) is 28.1 Å². The Balaban J connectivity index is 1.85. The van der Waals surface area contributed by atoms with Crippen LogP contribution in [0.25, 0.3) is 10.8 Å². The molecule has 1 aromatic heterocycles. The summed E-state index contributed by atoms with van der Waals surface area (Å²) in [6.07, 6.45) is 4.25. The van der Waals surface area contributed by atoms with Gasteiger partial charge >= 0.3 is 0 Å². The summed E-state index contributed by atoms with van der Waals surface area (Å²) < 4.78 is 0. The van der Waals surface area contributed by atoms with Crippen molar-refractivity contribution in [2.24, 2.45) is 5.92 Å². The number of hydrogen-bond donors (Lipinski definition) is 2. The minimum Gasteiger partial charge on any atom is -0.316 e. The highest BCUT2D eigenvalue weighted by molar-refractivity contribution is 5.89. The van der Waals surface area contributed by atoms with Crippen LogP contribution in [0.4, 0.5) is 0 Å². The van der Waals surface area contributed by atoms with Crippen molar-refractivity contribution in [1.29, 1.82) is 0 Å². The minimum absolute atomic E-state index is 0.281. The third-order valence-electron chi connectivity index (χ3n) is 4.91. The molecule has 1 saturated heterocycles. The molecular weight excluding hydrogens is 272 g/mol. The van der Waals surface area contributed by atoms with Crippen molar-refractivity contribution in [2.45, 2.75) is 25.8 Å². The fourth-order valence-electron chi connectivity index (χ4n) is 3.74. The van der Waals surface area contributed by atoms with Crippen LogP contribution < -0.4 is 5.32 Å². The van der Waals surface area contributed by atoms with Gasteiger partial charge in [-0.1, -0.05) is 36.4 Å². The highest BCUT2D eigenvalue weighted by Gasteiger charge is 2.29. The van der Waals surface area contributed by atoms with Gasteiger partial charge in [0.05, 0.1) is 6.04 Å². The van der Waals surface area contributed by atoms with E-state index >= 15 is 0 Å². The van der Waals surface area contributed by atoms with E-state index in [0.717, 1.165) is 13.1 Å². The lowest BCUT2D eigenvalue weighted by atomic mass is 9.84. The third-order valence-corrected chi connectivity index (χ3v) is 4.91. The highest BCUT2D eigenvalue weighted by atomic mass is 15.5. The van der Waals surface area contributed by atoms with Gasteiger partial charge in [0, 0.05) is 6.54 Å². The lowest BCUT2D eigenvalue weighted by Gasteiger charge is -2.33. The first kappa shape index (κ1) is 13.6. The van der Waals surface area contributed by atoms with Crippen molar-refractivity contribution in [3.63, 3.8) is 0 Å². The second kappa shape index (κ2) is 5.61. The maximum Gasteiger partial charge on any atom is 0.130 e. The number of nitrogens with zero attached hydrogens (tertiary/aromatic N) is 2. The molecule has 3 aromatic rings. The van der Waals surface area contributed by atoms with Crippen molar-refractivity contribution in [3.05, 3.63) is 53.9 Å². The van der Waals surface area contributed by atoms with Gasteiger partial charge in [0.15, 0.2) is 0 Å². The summed E-state index contributed by atoms with van der Waals surface area (Å²) in [7, 11) is 0. The molecule has 0 bridgehead atoms. The molecule has 0 aliphatic carbocycles. The first-order valence-electron chi connectivity index (χ1n) is 8.11. The van der Waals surface area contributed by atoms with Crippen LogP contribution in [-0.2, 0) is 0 Å². The Labute approximate surface area is 130 Å². The number of aromatic nitrogens is 3. The van der Waals surface area contributed by atoms with E-state index in [0.29, 0.717) is 5.92 Å². The van der Waals surface area contributed by atoms with Crippen LogP contribution in [0, 0.1) is 12.8 Å². The Kier molecular flexibility index (Phi) is 3.47. The van der Waals surface area contributed by atoms with E-state index in [2.05, 4.69) is 58.8 Å². The Morgan fingerprint density at radius 2 is 2.00 bits per heavy atom. The molecule has 22 heavy (non-hydrogen) atoms. The number of aromatic amines is 1. The van der Waals surface area contributed by atoms with Crippen LogP contribution >= 0.6 is 0 Å². The molecule has 0 amide bonds. The zero-order valence-corrected chi connectivity index (χ0v) is 12.9. The maximum atomic E-state index is 4.42. The van der Waals surface area contributed by atoms with Gasteiger partial charge in [0.25, 0.3) is 0 Å². The normalized spacial score (nSPS) is 20.3. The van der Waals surface area contributed by atoms with Gasteiger partial charge in [0.1, 0.15) is 6.33 Å². The van der Waals surface area contributed by atoms with Crippen LogP contribution in [0.2, 0.25) is 0 Å². The van der Waals surface area contributed by atoms with Gasteiger partial charge in [-0.2, -0.15) is 4.80 Å². The molecule has 2 aromatic carbocycles. The van der Waals surface area contributed by atoms with Crippen molar-refractivity contribution >= 4 is 10.8 Å². The SMILES string of the molecule is Cc1ccc([C@@H]([C@H]2CCCNC2)n2nc[nH]2)c2ccccc12. The number of rotatable bonds is 3. The monoisotopic (exact) mass is 294 g/mol. The van der Waals surface area contributed by atoms with Gasteiger partial charge < -0.3 is 5.32 Å². The lowest BCUT2D eigenvalue weighted by Crippen LogP contribution is -2.37. The standard InChI is InChI=1S/C18H22N4/c1-13-8-9-17(16-7-3-2-6-15(13)16)18(22-20-12-21-22)14-5-4-10-19-11-14/h2-3,6-9,12,14,18-19H,4-5,10-11H2,1H3,(H,20,21)/t14-,18+/m0/s1. The topological polar surface area (TPSA) is 45.6 Å². The summed E-state index contributed by atoms with van der Waals surface area (Å²) in [6.45, 7) is 4.37. The summed E-state index contributed by atoms with van der Waals surface area (Å²) in [4.78, 5) is 2.02. The number of benzene rings is 2. The Hall–Kier alpha value is -2.07. The molecule has 0 spiro atoms. The Morgan fingerprint density at radius 3 is 2.68 bits per heavy atom. The van der Waals surface area contributed by atoms with E-state index in [1.54, 1.807) is 6.33 Å². The molecule has 114 valence electrons. The second-order valence-corrected chi connectivity index (χ2v) is 6.29. The zero-order chi connectivity index (χ0) is 14.9. The molecule has 1 aliphatic heterocycles. The Morgan fingerprint density at radius 1 is 1.18 bits per heavy atom. The van der Waals surface area contributed by atoms with Crippen LogP contribution in [0.3, 0.4) is 0 Å². The summed E-state index contributed by atoms with van der Waals surface area (Å²) in [6, 6.07) is 13.5. The van der Waals surface area contributed by atoms with Crippen LogP contribution in [0.5, 0.6) is 0 Å². The van der Waals surface area contributed by atoms with Gasteiger partial charge in [-0.05, 0) is 54.1 Å². The van der Waals surface area contributed by atoms with Crippen molar-refractivity contribution in [3.8, 4) is 0 Å². The average molecular weight is 294 g/mol. The van der Waals surface area contributed by atoms with Gasteiger partial charge in [-0.3, -0.25) is 5.10 Å². The predicted octanol–water partition coefficient (Wildman–Crippen LogP) is 3.26. The van der Waals surface area contributed by atoms with Crippen molar-refractivity contribution in [1.82, 2.24) is 20.3 Å². The fourth-order valence-corrected chi connectivity index (χ4v) is 3.74. The van der Waals surface area contributed by atoms with E-state index in [-0.39, 0.29) is 6.04 Å². The van der Waals surface area contributed by atoms with E-state index < -0.39 is 0 Å². The first-order chi connectivity index (χ1) is 10.8. The summed E-state index contributed by atoms with van der Waals surface area (Å²) in [5.41, 5.74) is 2.71. The maximum absolute atomic E-state index is 4.42. The quantitative estimate of drug-likeness (QED) is 0.779. The number of fused-ring (bicyclic) bond motifs is 1. The largest absolute Gasteiger partial charge is 0.316 e. The molecule has 4 heteroatoms. The molecule has 4 nitrogen and oxygen atoms in total. The van der Waals surface area contributed by atoms with E-state index in [4.69, 9.17) is 0 Å². The summed E-state index contributed by atoms with van der Waals surface area (Å²) in [5, 5.41) is 13.9. The zero-order valence-electron chi connectivity index (χ0n) is 12.9. The molecule has 2 atom stereocenters. The van der Waals surface area contributed by atoms with E-state index in [1.807, 2.05) is 4.80 Å². The molecule has 0 unspecified atom stereocenters. The third kappa shape index (κ3) is 2.24. The lowest BCUT2D eigenvalue weighted by molar-refractivity contribution is 0.246. The van der Waals surface area contributed by atoms with Crippen LogP contribution in [0.1, 0.15) is 30.0 Å². The molecule has 1 aliphatic rings. The predicted molar refractivity (Wildman–Crippen MR) is 89.0 cm³/mol. The number of hydrogen-bond acceptors (Lipinski definition) is 2. The fraction of sp³-hybridized carbons (Fsp3) is 0.389. The Bertz CT molecular complexity index is 755. The highest BCUT2D eigenvalue weighted by Crippen LogP contribution is 2.35. The average Bonchev–Trinajstić information content (AvgIpc) is 2.53. The van der Waals surface area contributed by atoms with E-state index in [9.17, 15) is 0 Å². The van der Waals surface area contributed by atoms with Gasteiger partial charge in [0.2, 0.25) is 0 Å². The summed E-state index contributed by atoms with van der Waals surface area (Å²) in [5.74, 6) is 0.574. The van der Waals surface area contributed by atoms with E-state index in [1.165, 1.54) is 34.7 Å². The van der Waals surface area contributed by atoms with Gasteiger partial charge in [-0.15, -0.1) is 5.10 Å². The molecule has 1 fully saturated rings. The smallest absolute Gasteiger partial charge is 0.130 e. The molecule has 4 rings (SSSR count). The number of nitrogens with one attached hydrogen (secondary N) is 2. The molecule has 2 N–H and O–H groups in total. The molecule has 0 radical (unpaired) electrons. The number of piperidine rings is 1. The first-order valence-corrected chi connectivity index (χ1v) is 8.11. The number of aryl methyl sites for hydroxylation is 1. The van der Waals surface area contributed by atoms with Crippen LogP contribution in [0.15, 0.2) is 42.7 Å². The second-order valence-electron chi connectivity index (χ2n) is 6.29. The molecule has 0 saturated carbocycles. The molecule has 2 heterocycles. The van der Waals surface area contributed by atoms with Crippen molar-refractivity contribution < 1.29 is 0 Å². The van der Waals surface area contributed by atoms with Gasteiger partial charge in [-0.25, -0.2) is 0 Å². The minimum atomic E-state index is 0.281.